The molecule has 0 aliphatic rings. The van der Waals surface area contributed by atoms with Crippen molar-refractivity contribution < 1.29 is 31.3 Å². The van der Waals surface area contributed by atoms with Gasteiger partial charge in [0.2, 0.25) is 0 Å². The van der Waals surface area contributed by atoms with Crippen LogP contribution in [0.25, 0.3) is 0 Å². The molecule has 0 fully saturated rings. The molecule has 0 aromatic rings. The van der Waals surface area contributed by atoms with Gasteiger partial charge in [0.1, 0.15) is 0 Å². The lowest BCUT2D eigenvalue weighted by Gasteiger charge is -2.36. The molecule has 0 bridgehead atoms. The highest BCUT2D eigenvalue weighted by molar-refractivity contribution is 6.56. The maximum atomic E-state index is 9.14. The summed E-state index contributed by atoms with van der Waals surface area (Å²) in [7, 11) is 0.560. The molecule has 0 radical (unpaired) electrons. The van der Waals surface area contributed by atoms with Crippen molar-refractivity contribution in [1.29, 1.82) is 0 Å². The first-order valence-electron chi connectivity index (χ1n) is 12.2. The number of hydrogen-bond acceptors (Lipinski definition) is 3. The van der Waals surface area contributed by atoms with Crippen LogP contribution in [0.5, 0.6) is 0 Å². The fourth-order valence-corrected chi connectivity index (χ4v) is 4.56. The largest absolute Gasteiger partial charge is 1.00 e. The average Bonchev–Trinajstić information content (AvgIpc) is 2.60. The summed E-state index contributed by atoms with van der Waals surface area (Å²) in [6, 6.07) is 0.727. The first-order valence-corrected chi connectivity index (χ1v) is 14.2. The molecule has 178 valence electrons. The van der Waals surface area contributed by atoms with Crippen LogP contribution in [0.15, 0.2) is 0 Å². The maximum absolute atomic E-state index is 9.14. The standard InChI is InChI=1S/C23H52NO3Si.ClH/c1-5-6-7-8-9-10-11-12-13-14-15-16-17-18-20-23(2)24(3,4)21-19-22-28(25,26)27;/h23,25-27H,5-22H2,1-4H3;1H/q+1;/p-1. The van der Waals surface area contributed by atoms with Crippen LogP contribution >= 0.6 is 0 Å². The summed E-state index contributed by atoms with van der Waals surface area (Å²) in [5, 5.41) is 0. The second-order valence-corrected chi connectivity index (χ2v) is 11.7. The third-order valence-electron chi connectivity index (χ3n) is 6.42. The van der Waals surface area contributed by atoms with Gasteiger partial charge in [-0.15, -0.1) is 0 Å². The molecule has 0 aromatic heterocycles. The van der Waals surface area contributed by atoms with Gasteiger partial charge in [-0.05, 0) is 19.8 Å². The fraction of sp³-hybridized carbons (Fsp3) is 1.00. The third kappa shape index (κ3) is 21.4. The molecule has 1 atom stereocenters. The summed E-state index contributed by atoms with van der Waals surface area (Å²) in [6.07, 6.45) is 21.5. The highest BCUT2D eigenvalue weighted by atomic mass is 35.5. The van der Waals surface area contributed by atoms with Crippen molar-refractivity contribution in [2.45, 2.75) is 129 Å². The van der Waals surface area contributed by atoms with Gasteiger partial charge in [-0.2, -0.15) is 0 Å². The molecule has 0 aliphatic heterocycles. The molecule has 3 N–H and O–H groups in total. The molecule has 0 rings (SSSR count). The van der Waals surface area contributed by atoms with Gasteiger partial charge in [0, 0.05) is 12.5 Å². The van der Waals surface area contributed by atoms with Gasteiger partial charge in [0.25, 0.3) is 0 Å². The van der Waals surface area contributed by atoms with Gasteiger partial charge in [-0.3, -0.25) is 0 Å². The lowest BCUT2D eigenvalue weighted by molar-refractivity contribution is -0.913. The van der Waals surface area contributed by atoms with Crippen molar-refractivity contribution in [1.82, 2.24) is 0 Å². The van der Waals surface area contributed by atoms with E-state index in [1.807, 2.05) is 0 Å². The number of rotatable bonds is 20. The molecule has 29 heavy (non-hydrogen) atoms. The van der Waals surface area contributed by atoms with Gasteiger partial charge in [-0.25, -0.2) is 0 Å². The summed E-state index contributed by atoms with van der Waals surface area (Å²) in [5.41, 5.74) is 0. The van der Waals surface area contributed by atoms with Crippen molar-refractivity contribution in [3.63, 3.8) is 0 Å². The monoisotopic (exact) mass is 453 g/mol. The van der Waals surface area contributed by atoms with Crippen LogP contribution in [0.3, 0.4) is 0 Å². The molecular formula is C23H52ClNO3Si. The number of halogens is 1. The van der Waals surface area contributed by atoms with Gasteiger partial charge >= 0.3 is 8.80 Å². The predicted octanol–water partition coefficient (Wildman–Crippen LogP) is 2.63. The van der Waals surface area contributed by atoms with Crippen LogP contribution in [0.1, 0.15) is 117 Å². The Morgan fingerprint density at radius 1 is 0.655 bits per heavy atom. The predicted molar refractivity (Wildman–Crippen MR) is 123 cm³/mol. The van der Waals surface area contributed by atoms with Crippen LogP contribution in [-0.2, 0) is 0 Å². The molecule has 0 saturated carbocycles. The molecule has 0 aliphatic carbocycles. The third-order valence-corrected chi connectivity index (χ3v) is 7.44. The Hall–Kier alpha value is 0.347. The Morgan fingerprint density at radius 3 is 1.41 bits per heavy atom. The summed E-state index contributed by atoms with van der Waals surface area (Å²) >= 11 is 0. The van der Waals surface area contributed by atoms with Crippen LogP contribution in [0.2, 0.25) is 6.04 Å². The number of nitrogens with zero attached hydrogens (tertiary/aromatic N) is 1. The van der Waals surface area contributed by atoms with Crippen LogP contribution in [-0.4, -0.2) is 54.4 Å². The van der Waals surface area contributed by atoms with Gasteiger partial charge in [-0.1, -0.05) is 90.4 Å². The summed E-state index contributed by atoms with van der Waals surface area (Å²) in [4.78, 5) is 27.4. The lowest BCUT2D eigenvalue weighted by atomic mass is 10.0. The van der Waals surface area contributed by atoms with Crippen molar-refractivity contribution in [3.05, 3.63) is 0 Å². The maximum Gasteiger partial charge on any atom is 0.492 e. The van der Waals surface area contributed by atoms with E-state index < -0.39 is 8.80 Å². The molecule has 0 saturated heterocycles. The highest BCUT2D eigenvalue weighted by Gasteiger charge is 2.29. The second-order valence-electron chi connectivity index (χ2n) is 9.61. The molecule has 1 unspecified atom stereocenters. The molecule has 0 spiro atoms. The molecule has 0 heterocycles. The average molecular weight is 454 g/mol. The quantitative estimate of drug-likeness (QED) is 0.151. The Labute approximate surface area is 189 Å². The molecule has 4 nitrogen and oxygen atoms in total. The van der Waals surface area contributed by atoms with E-state index in [0.717, 1.165) is 11.0 Å². The summed E-state index contributed by atoms with van der Waals surface area (Å²) in [5.74, 6) is 0. The zero-order valence-electron chi connectivity index (χ0n) is 20.0. The molecule has 0 amide bonds. The first-order chi connectivity index (χ1) is 13.2. The number of hydrogen-bond donors (Lipinski definition) is 3. The zero-order valence-corrected chi connectivity index (χ0v) is 21.7. The number of unbranched alkanes of at least 4 members (excludes halogenated alkanes) is 13. The Balaban J connectivity index is 0. The van der Waals surface area contributed by atoms with Gasteiger partial charge in [0.05, 0.1) is 26.7 Å². The van der Waals surface area contributed by atoms with E-state index in [4.69, 9.17) is 14.4 Å². The minimum Gasteiger partial charge on any atom is -1.00 e. The second kappa shape index (κ2) is 19.1. The van der Waals surface area contributed by atoms with Crippen LogP contribution < -0.4 is 12.4 Å². The van der Waals surface area contributed by atoms with Crippen molar-refractivity contribution in [2.24, 2.45) is 0 Å². The minimum atomic E-state index is -3.86. The Bertz CT molecular complexity index is 352. The summed E-state index contributed by atoms with van der Waals surface area (Å²) in [6.45, 7) is 5.46. The van der Waals surface area contributed by atoms with Crippen molar-refractivity contribution >= 4 is 8.80 Å². The van der Waals surface area contributed by atoms with E-state index in [2.05, 4.69) is 27.9 Å². The molecule has 6 heteroatoms. The van der Waals surface area contributed by atoms with E-state index in [0.29, 0.717) is 12.5 Å². The SMILES string of the molecule is CCCCCCCCCCCCCCCCC(C)[N+](C)(C)CCC[Si](O)(O)O.[Cl-]. The normalized spacial score (nSPS) is 13.3. The van der Waals surface area contributed by atoms with E-state index in [9.17, 15) is 0 Å². The van der Waals surface area contributed by atoms with Gasteiger partial charge < -0.3 is 31.3 Å². The van der Waals surface area contributed by atoms with E-state index >= 15 is 0 Å². The van der Waals surface area contributed by atoms with Crippen molar-refractivity contribution in [3.8, 4) is 0 Å². The number of quaternary nitrogens is 1. The van der Waals surface area contributed by atoms with E-state index in [1.165, 1.54) is 96.3 Å². The molecule has 0 aromatic carbocycles. The highest BCUT2D eigenvalue weighted by Crippen LogP contribution is 2.18. The van der Waals surface area contributed by atoms with E-state index in [1.54, 1.807) is 0 Å². The van der Waals surface area contributed by atoms with Crippen LogP contribution in [0.4, 0.5) is 0 Å². The van der Waals surface area contributed by atoms with Crippen molar-refractivity contribution in [2.75, 3.05) is 20.6 Å². The zero-order chi connectivity index (χ0) is 21.3. The summed E-state index contributed by atoms with van der Waals surface area (Å²) < 4.78 is 0.892. The Morgan fingerprint density at radius 2 is 1.03 bits per heavy atom. The molecular weight excluding hydrogens is 402 g/mol. The minimum absolute atomic E-state index is 0. The fourth-order valence-electron chi connectivity index (χ4n) is 3.93. The topological polar surface area (TPSA) is 60.7 Å². The van der Waals surface area contributed by atoms with Crippen LogP contribution in [0, 0.1) is 0 Å². The smallest absolute Gasteiger partial charge is 0.492 e. The Kier molecular flexibility index (Phi) is 20.7. The first kappa shape index (κ1) is 31.5. The lowest BCUT2D eigenvalue weighted by Crippen LogP contribution is -3.00. The van der Waals surface area contributed by atoms with Gasteiger partial charge in [0.15, 0.2) is 0 Å². The van der Waals surface area contributed by atoms with E-state index in [-0.39, 0.29) is 18.5 Å².